The first-order valence-electron chi connectivity index (χ1n) is 8.45. The highest BCUT2D eigenvalue weighted by Gasteiger charge is 2.58. The number of nitrogens with one attached hydrogen (secondary N) is 1. The van der Waals surface area contributed by atoms with Gasteiger partial charge in [0.05, 0.1) is 13.2 Å². The highest BCUT2D eigenvalue weighted by atomic mass is 19.1. The predicted molar refractivity (Wildman–Crippen MR) is 84.9 cm³/mol. The second kappa shape index (κ2) is 6.98. The Labute approximate surface area is 144 Å². The maximum atomic E-state index is 13.2. The van der Waals surface area contributed by atoms with Crippen molar-refractivity contribution in [3.63, 3.8) is 0 Å². The molecule has 2 aliphatic rings. The van der Waals surface area contributed by atoms with Crippen LogP contribution in [0.1, 0.15) is 38.5 Å². The van der Waals surface area contributed by atoms with Crippen molar-refractivity contribution in [2.24, 2.45) is 5.41 Å². The van der Waals surface area contributed by atoms with E-state index in [0.29, 0.717) is 38.5 Å². The van der Waals surface area contributed by atoms with Gasteiger partial charge in [0, 0.05) is 24.2 Å². The van der Waals surface area contributed by atoms with Gasteiger partial charge in [-0.15, -0.1) is 0 Å². The molecule has 0 atom stereocenters. The van der Waals surface area contributed by atoms with Crippen LogP contribution in [0.5, 0.6) is 5.75 Å². The highest BCUT2D eigenvalue weighted by Crippen LogP contribution is 2.47. The zero-order valence-corrected chi connectivity index (χ0v) is 14.0. The summed E-state index contributed by atoms with van der Waals surface area (Å²) in [7, 11) is 1.29. The first-order chi connectivity index (χ1) is 11.9. The molecule has 0 heterocycles. The molecule has 2 aliphatic carbocycles. The molecule has 0 bridgehead atoms. The maximum Gasteiger partial charge on any atom is 0.321 e. The number of methoxy groups -OCH3 is 1. The van der Waals surface area contributed by atoms with Gasteiger partial charge in [-0.05, 0) is 38.5 Å². The van der Waals surface area contributed by atoms with Gasteiger partial charge < -0.3 is 14.8 Å². The summed E-state index contributed by atoms with van der Waals surface area (Å²) < 4.78 is 36.7. The van der Waals surface area contributed by atoms with Gasteiger partial charge >= 0.3 is 5.97 Å². The zero-order valence-electron chi connectivity index (χ0n) is 14.0. The molecule has 0 aliphatic heterocycles. The number of carbonyl (C=O) groups is 2. The van der Waals surface area contributed by atoms with Gasteiger partial charge in [0.25, 0.3) is 0 Å². The predicted octanol–water partition coefficient (Wildman–Crippen LogP) is 2.72. The molecular formula is C18H21F2NO4. The van der Waals surface area contributed by atoms with Crippen molar-refractivity contribution in [2.45, 2.75) is 50.7 Å². The van der Waals surface area contributed by atoms with Gasteiger partial charge in [-0.25, -0.2) is 8.78 Å². The monoisotopic (exact) mass is 353 g/mol. The lowest BCUT2D eigenvalue weighted by Gasteiger charge is -2.30. The van der Waals surface area contributed by atoms with Crippen LogP contribution in [0.25, 0.3) is 0 Å². The first-order valence-corrected chi connectivity index (χ1v) is 8.45. The standard InChI is InChI=1S/C18H21F2NO4/c1-24-17(23)18(6-7-18)16(22)21-13-2-4-14(5-3-13)25-15-9-11(19)8-12(20)10-15/h8-10,13-14H,2-7H2,1H3,(H,21,22). The van der Waals surface area contributed by atoms with Gasteiger partial charge in [0.1, 0.15) is 22.8 Å². The fourth-order valence-electron chi connectivity index (χ4n) is 3.28. The quantitative estimate of drug-likeness (QED) is 0.653. The minimum Gasteiger partial charge on any atom is -0.490 e. The van der Waals surface area contributed by atoms with Gasteiger partial charge in [-0.1, -0.05) is 0 Å². The number of hydrogen-bond acceptors (Lipinski definition) is 4. The minimum atomic E-state index is -0.999. The molecule has 0 radical (unpaired) electrons. The van der Waals surface area contributed by atoms with Gasteiger partial charge in [0.15, 0.2) is 0 Å². The number of ether oxygens (including phenoxy) is 2. The lowest BCUT2D eigenvalue weighted by atomic mass is 9.92. The Hall–Kier alpha value is -2.18. The number of rotatable bonds is 5. The molecule has 0 saturated heterocycles. The Morgan fingerprint density at radius 3 is 2.20 bits per heavy atom. The number of amides is 1. The summed E-state index contributed by atoms with van der Waals surface area (Å²) in [6.45, 7) is 0. The lowest BCUT2D eigenvalue weighted by Crippen LogP contribution is -2.45. The molecule has 2 fully saturated rings. The molecule has 1 aromatic carbocycles. The number of halogens is 2. The van der Waals surface area contributed by atoms with E-state index in [0.717, 1.165) is 18.2 Å². The molecule has 3 rings (SSSR count). The van der Waals surface area contributed by atoms with Crippen molar-refractivity contribution in [1.29, 1.82) is 0 Å². The number of esters is 1. The summed E-state index contributed by atoms with van der Waals surface area (Å²) in [6, 6.07) is 3.08. The summed E-state index contributed by atoms with van der Waals surface area (Å²) >= 11 is 0. The van der Waals surface area contributed by atoms with Crippen LogP contribution in [0.4, 0.5) is 8.78 Å². The van der Waals surface area contributed by atoms with Crippen LogP contribution in [-0.4, -0.2) is 31.1 Å². The third-order valence-electron chi connectivity index (χ3n) is 4.91. The van der Waals surface area contributed by atoms with E-state index in [2.05, 4.69) is 5.32 Å². The average molecular weight is 353 g/mol. The molecule has 1 N–H and O–H groups in total. The van der Waals surface area contributed by atoms with E-state index in [-0.39, 0.29) is 23.8 Å². The summed E-state index contributed by atoms with van der Waals surface area (Å²) in [6.07, 6.45) is 3.59. The molecule has 0 spiro atoms. The summed E-state index contributed by atoms with van der Waals surface area (Å²) in [5.74, 6) is -1.92. The Balaban J connectivity index is 1.49. The number of benzene rings is 1. The lowest BCUT2D eigenvalue weighted by molar-refractivity contribution is -0.152. The van der Waals surface area contributed by atoms with Crippen LogP contribution < -0.4 is 10.1 Å². The summed E-state index contributed by atoms with van der Waals surface area (Å²) in [4.78, 5) is 24.0. The third kappa shape index (κ3) is 3.91. The molecule has 7 heteroatoms. The Morgan fingerprint density at radius 2 is 1.68 bits per heavy atom. The number of hydrogen-bond donors (Lipinski definition) is 1. The third-order valence-corrected chi connectivity index (χ3v) is 4.91. The summed E-state index contributed by atoms with van der Waals surface area (Å²) in [5, 5.41) is 2.92. The van der Waals surface area contributed by atoms with Crippen LogP contribution >= 0.6 is 0 Å². The Morgan fingerprint density at radius 1 is 1.08 bits per heavy atom. The van der Waals surface area contributed by atoms with Gasteiger partial charge in [0.2, 0.25) is 5.91 Å². The van der Waals surface area contributed by atoms with E-state index < -0.39 is 23.0 Å². The molecule has 25 heavy (non-hydrogen) atoms. The largest absolute Gasteiger partial charge is 0.490 e. The van der Waals surface area contributed by atoms with E-state index in [1.165, 1.54) is 7.11 Å². The van der Waals surface area contributed by atoms with E-state index in [9.17, 15) is 18.4 Å². The fraction of sp³-hybridized carbons (Fsp3) is 0.556. The molecule has 2 saturated carbocycles. The van der Waals surface area contributed by atoms with Gasteiger partial charge in [-0.3, -0.25) is 9.59 Å². The highest BCUT2D eigenvalue weighted by molar-refractivity contribution is 6.05. The molecule has 1 aromatic rings. The smallest absolute Gasteiger partial charge is 0.321 e. The topological polar surface area (TPSA) is 64.6 Å². The van der Waals surface area contributed by atoms with Crippen LogP contribution in [-0.2, 0) is 14.3 Å². The van der Waals surface area contributed by atoms with Crippen molar-refractivity contribution >= 4 is 11.9 Å². The van der Waals surface area contributed by atoms with Crippen LogP contribution in [0.2, 0.25) is 0 Å². The first kappa shape index (κ1) is 17.6. The Kier molecular flexibility index (Phi) is 4.92. The fourth-order valence-corrected chi connectivity index (χ4v) is 3.28. The van der Waals surface area contributed by atoms with E-state index in [4.69, 9.17) is 9.47 Å². The molecule has 1 amide bonds. The molecular weight excluding hydrogens is 332 g/mol. The van der Waals surface area contributed by atoms with Crippen LogP contribution in [0, 0.1) is 17.0 Å². The second-order valence-corrected chi connectivity index (χ2v) is 6.74. The minimum absolute atomic E-state index is 0.0290. The second-order valence-electron chi connectivity index (χ2n) is 6.74. The number of carbonyl (C=O) groups excluding carboxylic acids is 2. The molecule has 0 unspecified atom stereocenters. The van der Waals surface area contributed by atoms with Crippen molar-refractivity contribution in [2.75, 3.05) is 7.11 Å². The van der Waals surface area contributed by atoms with Crippen molar-refractivity contribution in [3.8, 4) is 5.75 Å². The van der Waals surface area contributed by atoms with E-state index >= 15 is 0 Å². The maximum absolute atomic E-state index is 13.2. The molecule has 0 aromatic heterocycles. The van der Waals surface area contributed by atoms with Crippen molar-refractivity contribution in [1.82, 2.24) is 5.32 Å². The van der Waals surface area contributed by atoms with Crippen LogP contribution in [0.15, 0.2) is 18.2 Å². The van der Waals surface area contributed by atoms with Crippen molar-refractivity contribution < 1.29 is 27.8 Å². The van der Waals surface area contributed by atoms with Crippen molar-refractivity contribution in [3.05, 3.63) is 29.8 Å². The van der Waals surface area contributed by atoms with Gasteiger partial charge in [-0.2, -0.15) is 0 Å². The molecule has 136 valence electrons. The zero-order chi connectivity index (χ0) is 18.0. The summed E-state index contributed by atoms with van der Waals surface area (Å²) in [5.41, 5.74) is -0.999. The average Bonchev–Trinajstić information content (AvgIpc) is 3.37. The van der Waals surface area contributed by atoms with Crippen LogP contribution in [0.3, 0.4) is 0 Å². The van der Waals surface area contributed by atoms with E-state index in [1.54, 1.807) is 0 Å². The Bertz CT molecular complexity index is 647. The SMILES string of the molecule is COC(=O)C1(C(=O)NC2CCC(Oc3cc(F)cc(F)c3)CC2)CC1. The normalized spacial score (nSPS) is 24.3. The molecule has 5 nitrogen and oxygen atoms in total. The van der Waals surface area contributed by atoms with E-state index in [1.807, 2.05) is 0 Å².